The van der Waals surface area contributed by atoms with Crippen LogP contribution in [0.4, 0.5) is 0 Å². The topological polar surface area (TPSA) is 83.0 Å². The first kappa shape index (κ1) is 10.2. The van der Waals surface area contributed by atoms with Crippen molar-refractivity contribution in [2.75, 3.05) is 0 Å². The largest absolute Gasteiger partial charge is 0.349 e. The van der Waals surface area contributed by atoms with Crippen LogP contribution in [0.1, 0.15) is 19.2 Å². The second kappa shape index (κ2) is 3.89. The van der Waals surface area contributed by atoms with E-state index in [0.29, 0.717) is 12.8 Å². The van der Waals surface area contributed by atoms with Gasteiger partial charge in [0, 0.05) is 18.8 Å². The molecule has 5 nitrogen and oxygen atoms in total. The lowest BCUT2D eigenvalue weighted by molar-refractivity contribution is 0.465. The number of nitrogens with one attached hydrogen (secondary N) is 1. The molecule has 0 saturated heterocycles. The van der Waals surface area contributed by atoms with Gasteiger partial charge in [-0.15, -0.1) is 0 Å². The van der Waals surface area contributed by atoms with Crippen LogP contribution in [0.25, 0.3) is 0 Å². The molecule has 0 fully saturated rings. The molecule has 1 rings (SSSR count). The third-order valence-corrected chi connectivity index (χ3v) is 3.10. The van der Waals surface area contributed by atoms with Gasteiger partial charge in [0.15, 0.2) is 0 Å². The van der Waals surface area contributed by atoms with Crippen LogP contribution in [0, 0.1) is 0 Å². The van der Waals surface area contributed by atoms with Gasteiger partial charge in [0.2, 0.25) is 0 Å². The maximum atomic E-state index is 10.6. The Balaban J connectivity index is 2.44. The van der Waals surface area contributed by atoms with Crippen LogP contribution >= 0.6 is 0 Å². The van der Waals surface area contributed by atoms with E-state index in [-0.39, 0.29) is 0 Å². The lowest BCUT2D eigenvalue weighted by Crippen LogP contribution is -2.17. The number of H-pyrrole nitrogens is 1. The van der Waals surface area contributed by atoms with Gasteiger partial charge >= 0.3 is 0 Å². The Bertz CT molecular complexity index is 344. The number of nitrogens with zero attached hydrogens (tertiary/aromatic N) is 1. The number of aryl methyl sites for hydroxylation is 1. The third-order valence-electron chi connectivity index (χ3n) is 1.85. The molecule has 0 amide bonds. The van der Waals surface area contributed by atoms with Gasteiger partial charge in [-0.2, -0.15) is 8.42 Å². The summed E-state index contributed by atoms with van der Waals surface area (Å²) in [7, 11) is -3.90. The van der Waals surface area contributed by atoms with E-state index in [1.165, 1.54) is 6.92 Å². The monoisotopic (exact) mass is 204 g/mol. The van der Waals surface area contributed by atoms with Crippen molar-refractivity contribution >= 4 is 10.1 Å². The molecule has 1 aromatic heterocycles. The summed E-state index contributed by atoms with van der Waals surface area (Å²) in [5.41, 5.74) is 0. The zero-order chi connectivity index (χ0) is 9.90. The molecule has 1 aromatic rings. The van der Waals surface area contributed by atoms with Crippen LogP contribution in [-0.4, -0.2) is 28.2 Å². The normalized spacial score (nSPS) is 14.3. The maximum absolute atomic E-state index is 10.6. The van der Waals surface area contributed by atoms with Gasteiger partial charge in [0.05, 0.1) is 5.25 Å². The molecule has 0 aliphatic heterocycles. The van der Waals surface area contributed by atoms with Crippen LogP contribution in [0.2, 0.25) is 0 Å². The zero-order valence-corrected chi connectivity index (χ0v) is 8.08. The molecular weight excluding hydrogens is 192 g/mol. The number of hydrogen-bond acceptors (Lipinski definition) is 3. The van der Waals surface area contributed by atoms with Crippen molar-refractivity contribution < 1.29 is 13.0 Å². The number of aromatic nitrogens is 2. The first-order valence-electron chi connectivity index (χ1n) is 3.94. The van der Waals surface area contributed by atoms with Crippen LogP contribution in [0.15, 0.2) is 12.4 Å². The molecule has 6 heteroatoms. The summed E-state index contributed by atoms with van der Waals surface area (Å²) in [5.74, 6) is 0.732. The number of hydrogen-bond donors (Lipinski definition) is 2. The van der Waals surface area contributed by atoms with E-state index in [4.69, 9.17) is 4.55 Å². The van der Waals surface area contributed by atoms with Gasteiger partial charge in [0.25, 0.3) is 10.1 Å². The Morgan fingerprint density at radius 3 is 2.85 bits per heavy atom. The molecule has 0 saturated carbocycles. The van der Waals surface area contributed by atoms with Gasteiger partial charge in [-0.3, -0.25) is 4.55 Å². The average Bonchev–Trinajstić information content (AvgIpc) is 2.50. The Morgan fingerprint density at radius 1 is 1.69 bits per heavy atom. The van der Waals surface area contributed by atoms with Crippen molar-refractivity contribution in [2.24, 2.45) is 0 Å². The highest BCUT2D eigenvalue weighted by Crippen LogP contribution is 2.06. The molecule has 0 aliphatic rings. The highest BCUT2D eigenvalue weighted by molar-refractivity contribution is 7.86. The summed E-state index contributed by atoms with van der Waals surface area (Å²) in [5, 5.41) is -0.738. The molecule has 1 unspecified atom stereocenters. The van der Waals surface area contributed by atoms with Gasteiger partial charge in [-0.05, 0) is 13.3 Å². The van der Waals surface area contributed by atoms with Crippen molar-refractivity contribution in [3.8, 4) is 0 Å². The van der Waals surface area contributed by atoms with E-state index >= 15 is 0 Å². The van der Waals surface area contributed by atoms with E-state index in [0.717, 1.165) is 5.82 Å². The molecule has 0 radical (unpaired) electrons. The van der Waals surface area contributed by atoms with Gasteiger partial charge in [-0.1, -0.05) is 0 Å². The molecule has 0 spiro atoms. The summed E-state index contributed by atoms with van der Waals surface area (Å²) in [6.45, 7) is 1.47. The fourth-order valence-electron chi connectivity index (χ4n) is 0.924. The van der Waals surface area contributed by atoms with Crippen LogP contribution in [0.5, 0.6) is 0 Å². The van der Waals surface area contributed by atoms with E-state index in [1.54, 1.807) is 12.4 Å². The molecule has 0 aromatic carbocycles. The van der Waals surface area contributed by atoms with Crippen LogP contribution in [0.3, 0.4) is 0 Å². The van der Waals surface area contributed by atoms with Crippen LogP contribution < -0.4 is 0 Å². The fourth-order valence-corrected chi connectivity index (χ4v) is 1.34. The number of rotatable bonds is 4. The lowest BCUT2D eigenvalue weighted by Gasteiger charge is -2.05. The molecule has 0 bridgehead atoms. The Kier molecular flexibility index (Phi) is 3.05. The minimum atomic E-state index is -3.90. The summed E-state index contributed by atoms with van der Waals surface area (Å²) < 4.78 is 29.9. The third kappa shape index (κ3) is 3.16. The Hall–Kier alpha value is -0.880. The van der Waals surface area contributed by atoms with Crippen LogP contribution in [-0.2, 0) is 16.5 Å². The summed E-state index contributed by atoms with van der Waals surface area (Å²) >= 11 is 0. The molecule has 13 heavy (non-hydrogen) atoms. The van der Waals surface area contributed by atoms with Gasteiger partial charge in [-0.25, -0.2) is 4.98 Å². The second-order valence-electron chi connectivity index (χ2n) is 2.90. The van der Waals surface area contributed by atoms with E-state index < -0.39 is 15.4 Å². The lowest BCUT2D eigenvalue weighted by atomic mass is 10.2. The molecule has 2 N–H and O–H groups in total. The summed E-state index contributed by atoms with van der Waals surface area (Å²) in [6, 6.07) is 0. The molecule has 74 valence electrons. The second-order valence-corrected chi connectivity index (χ2v) is 4.73. The molecule has 1 atom stereocenters. The minimum Gasteiger partial charge on any atom is -0.349 e. The number of aromatic amines is 1. The smallest absolute Gasteiger partial charge is 0.267 e. The van der Waals surface area contributed by atoms with Gasteiger partial charge in [0.1, 0.15) is 5.82 Å². The zero-order valence-electron chi connectivity index (χ0n) is 7.27. The SMILES string of the molecule is CC(CCc1ncc[nH]1)S(=O)(=O)O. The quantitative estimate of drug-likeness (QED) is 0.704. The molecule has 1 heterocycles. The van der Waals surface area contributed by atoms with Crippen molar-refractivity contribution in [3.05, 3.63) is 18.2 Å². The minimum absolute atomic E-state index is 0.367. The van der Waals surface area contributed by atoms with E-state index in [2.05, 4.69) is 9.97 Å². The first-order valence-corrected chi connectivity index (χ1v) is 5.45. The van der Waals surface area contributed by atoms with Crippen molar-refractivity contribution in [1.82, 2.24) is 9.97 Å². The van der Waals surface area contributed by atoms with Crippen molar-refractivity contribution in [1.29, 1.82) is 0 Å². The first-order chi connectivity index (χ1) is 6.00. The standard InChI is InChI=1S/C7H12N2O3S/c1-6(13(10,11)12)2-3-7-8-4-5-9-7/h4-6H,2-3H2,1H3,(H,8,9)(H,10,11,12). The maximum Gasteiger partial charge on any atom is 0.267 e. The van der Waals surface area contributed by atoms with Gasteiger partial charge < -0.3 is 4.98 Å². The summed E-state index contributed by atoms with van der Waals surface area (Å²) in [4.78, 5) is 6.79. The van der Waals surface area contributed by atoms with Crippen molar-refractivity contribution in [2.45, 2.75) is 25.0 Å². The predicted molar refractivity (Wildman–Crippen MR) is 47.9 cm³/mol. The fraction of sp³-hybridized carbons (Fsp3) is 0.571. The van der Waals surface area contributed by atoms with Crippen molar-refractivity contribution in [3.63, 3.8) is 0 Å². The number of imidazole rings is 1. The highest BCUT2D eigenvalue weighted by atomic mass is 32.2. The predicted octanol–water partition coefficient (Wildman–Crippen LogP) is 0.619. The molecule has 0 aliphatic carbocycles. The average molecular weight is 204 g/mol. The Morgan fingerprint density at radius 2 is 2.38 bits per heavy atom. The molecular formula is C7H12N2O3S. The van der Waals surface area contributed by atoms with E-state index in [9.17, 15) is 8.42 Å². The Labute approximate surface area is 76.9 Å². The van der Waals surface area contributed by atoms with E-state index in [1.807, 2.05) is 0 Å². The summed E-state index contributed by atoms with van der Waals surface area (Å²) in [6.07, 6.45) is 4.17. The highest BCUT2D eigenvalue weighted by Gasteiger charge is 2.16.